The van der Waals surface area contributed by atoms with E-state index in [1.807, 2.05) is 0 Å². The first-order chi connectivity index (χ1) is 6.45. The average Bonchev–Trinajstić information content (AvgIpc) is 2.15. The van der Waals surface area contributed by atoms with E-state index in [2.05, 4.69) is 13.8 Å². The van der Waals surface area contributed by atoms with Crippen LogP contribution in [-0.4, -0.2) is 13.0 Å². The lowest BCUT2D eigenvalue weighted by Gasteiger charge is -2.11. The van der Waals surface area contributed by atoms with Crippen molar-refractivity contribution in [1.82, 2.24) is 0 Å². The fraction of sp³-hybridized carbons (Fsp3) is 0.500. The average molecular weight is 245 g/mol. The lowest BCUT2D eigenvalue weighted by molar-refractivity contribution is 0.463. The molecule has 3 nitrogen and oxygen atoms in total. The zero-order chi connectivity index (χ0) is 10.8. The molecule has 0 bridgehead atoms. The highest BCUT2D eigenvalue weighted by Crippen LogP contribution is 2.20. The molecule has 0 saturated heterocycles. The van der Waals surface area contributed by atoms with Crippen molar-refractivity contribution in [3.63, 3.8) is 0 Å². The Morgan fingerprint density at radius 2 is 1.62 bits per heavy atom. The standard InChI is InChI=1S/C10H14O3S.2CH4/c1-3-8(2)9-4-6-10(7-5-9)14(11,12)13;;/h4-8H,3H2,1-2H3,(H,11,12,13);2*1H4/p-1. The van der Waals surface area contributed by atoms with Crippen molar-refractivity contribution >= 4 is 10.1 Å². The zero-order valence-corrected chi connectivity index (χ0v) is 9.04. The molecule has 1 rings (SSSR count). The summed E-state index contributed by atoms with van der Waals surface area (Å²) in [6.45, 7) is 4.11. The third-order valence-electron chi connectivity index (χ3n) is 2.35. The zero-order valence-electron chi connectivity index (χ0n) is 8.23. The molecule has 0 aliphatic carbocycles. The molecule has 0 N–H and O–H groups in total. The number of rotatable bonds is 3. The van der Waals surface area contributed by atoms with Crippen LogP contribution in [0.25, 0.3) is 0 Å². The molecule has 0 amide bonds. The molecule has 1 aromatic rings. The molecule has 1 aromatic carbocycles. The minimum Gasteiger partial charge on any atom is -0.744 e. The fourth-order valence-corrected chi connectivity index (χ4v) is 1.67. The van der Waals surface area contributed by atoms with Crippen LogP contribution < -0.4 is 0 Å². The minimum absolute atomic E-state index is 0. The Morgan fingerprint density at radius 3 is 1.94 bits per heavy atom. The molecule has 0 aliphatic heterocycles. The molecule has 0 saturated carbocycles. The van der Waals surface area contributed by atoms with Crippen LogP contribution in [0.15, 0.2) is 29.2 Å². The normalized spacial score (nSPS) is 12.2. The van der Waals surface area contributed by atoms with Crippen molar-refractivity contribution in [3.8, 4) is 0 Å². The van der Waals surface area contributed by atoms with Gasteiger partial charge < -0.3 is 4.55 Å². The minimum atomic E-state index is -4.30. The Balaban J connectivity index is 0. The summed E-state index contributed by atoms with van der Waals surface area (Å²) in [5, 5.41) is 0. The molecule has 4 heteroatoms. The first kappa shape index (κ1) is 17.5. The Labute approximate surface area is 99.3 Å². The van der Waals surface area contributed by atoms with Gasteiger partial charge in [-0.25, -0.2) is 8.42 Å². The summed E-state index contributed by atoms with van der Waals surface area (Å²) in [5.74, 6) is 0.387. The maximum atomic E-state index is 10.6. The maximum absolute atomic E-state index is 10.6. The molecule has 1 unspecified atom stereocenters. The fourth-order valence-electron chi connectivity index (χ4n) is 1.20. The summed E-state index contributed by atoms with van der Waals surface area (Å²) in [6.07, 6.45) is 0.990. The Morgan fingerprint density at radius 1 is 1.19 bits per heavy atom. The monoisotopic (exact) mass is 245 g/mol. The van der Waals surface area contributed by atoms with Crippen LogP contribution in [0.3, 0.4) is 0 Å². The van der Waals surface area contributed by atoms with Crippen LogP contribution in [0.1, 0.15) is 46.6 Å². The predicted octanol–water partition coefficient (Wildman–Crippen LogP) is 3.38. The van der Waals surface area contributed by atoms with Crippen LogP contribution in [0.4, 0.5) is 0 Å². The number of hydrogen-bond acceptors (Lipinski definition) is 3. The summed E-state index contributed by atoms with van der Waals surface area (Å²) in [5.41, 5.74) is 1.06. The topological polar surface area (TPSA) is 57.2 Å². The van der Waals surface area contributed by atoms with Crippen molar-refractivity contribution in [1.29, 1.82) is 0 Å². The van der Waals surface area contributed by atoms with Crippen molar-refractivity contribution in [3.05, 3.63) is 29.8 Å². The van der Waals surface area contributed by atoms with Gasteiger partial charge in [0, 0.05) is 0 Å². The van der Waals surface area contributed by atoms with Gasteiger partial charge in [-0.1, -0.05) is 40.8 Å². The van der Waals surface area contributed by atoms with Gasteiger partial charge in [-0.2, -0.15) is 0 Å². The van der Waals surface area contributed by atoms with E-state index in [4.69, 9.17) is 0 Å². The Hall–Kier alpha value is -0.870. The van der Waals surface area contributed by atoms with Crippen LogP contribution in [0.5, 0.6) is 0 Å². The van der Waals surface area contributed by atoms with Gasteiger partial charge in [0.05, 0.1) is 4.90 Å². The van der Waals surface area contributed by atoms with E-state index in [-0.39, 0.29) is 19.7 Å². The van der Waals surface area contributed by atoms with Gasteiger partial charge in [0.2, 0.25) is 0 Å². The van der Waals surface area contributed by atoms with Gasteiger partial charge >= 0.3 is 0 Å². The van der Waals surface area contributed by atoms with Gasteiger partial charge in [0.15, 0.2) is 0 Å². The van der Waals surface area contributed by atoms with Gasteiger partial charge in [0.1, 0.15) is 10.1 Å². The lowest BCUT2D eigenvalue weighted by atomic mass is 9.99. The quantitative estimate of drug-likeness (QED) is 0.767. The molecule has 0 aliphatic rings. The van der Waals surface area contributed by atoms with E-state index >= 15 is 0 Å². The molecule has 1 atom stereocenters. The van der Waals surface area contributed by atoms with E-state index in [1.165, 1.54) is 12.1 Å². The smallest absolute Gasteiger partial charge is 0.124 e. The van der Waals surface area contributed by atoms with Crippen molar-refractivity contribution in [2.45, 2.75) is 45.9 Å². The van der Waals surface area contributed by atoms with E-state index in [9.17, 15) is 13.0 Å². The molecule has 0 spiro atoms. The van der Waals surface area contributed by atoms with Crippen molar-refractivity contribution < 1.29 is 13.0 Å². The van der Waals surface area contributed by atoms with Gasteiger partial charge in [-0.15, -0.1) is 0 Å². The second-order valence-corrected chi connectivity index (χ2v) is 4.71. The third-order valence-corrected chi connectivity index (χ3v) is 3.20. The van der Waals surface area contributed by atoms with Crippen LogP contribution in [-0.2, 0) is 10.1 Å². The van der Waals surface area contributed by atoms with Gasteiger partial charge in [-0.3, -0.25) is 0 Å². The Bertz CT molecular complexity index is 393. The van der Waals surface area contributed by atoms with Crippen LogP contribution in [0, 0.1) is 0 Å². The van der Waals surface area contributed by atoms with E-state index in [0.717, 1.165) is 12.0 Å². The highest BCUT2D eigenvalue weighted by Gasteiger charge is 2.04. The highest BCUT2D eigenvalue weighted by atomic mass is 32.2. The number of benzene rings is 1. The Kier molecular flexibility index (Phi) is 7.29. The SMILES string of the molecule is C.C.CCC(C)c1ccc(S(=O)(=O)[O-])cc1. The highest BCUT2D eigenvalue weighted by molar-refractivity contribution is 7.85. The van der Waals surface area contributed by atoms with Crippen molar-refractivity contribution in [2.24, 2.45) is 0 Å². The summed E-state index contributed by atoms with van der Waals surface area (Å²) in [7, 11) is -4.30. The molecule has 0 radical (unpaired) electrons. The molecule has 0 heterocycles. The van der Waals surface area contributed by atoms with Crippen molar-refractivity contribution in [2.75, 3.05) is 0 Å². The molecular weight excluding hydrogens is 224 g/mol. The molecule has 16 heavy (non-hydrogen) atoms. The maximum Gasteiger partial charge on any atom is 0.124 e. The predicted molar refractivity (Wildman–Crippen MR) is 66.6 cm³/mol. The van der Waals surface area contributed by atoms with Crippen LogP contribution in [0.2, 0.25) is 0 Å². The summed E-state index contributed by atoms with van der Waals surface area (Å²) in [4.78, 5) is -0.162. The number of hydrogen-bond donors (Lipinski definition) is 0. The summed E-state index contributed by atoms with van der Waals surface area (Å²) in [6, 6.07) is 6.12. The first-order valence-corrected chi connectivity index (χ1v) is 5.92. The largest absolute Gasteiger partial charge is 0.744 e. The lowest BCUT2D eigenvalue weighted by Crippen LogP contribution is -1.99. The summed E-state index contributed by atoms with van der Waals surface area (Å²) < 4.78 is 31.9. The molecule has 0 aromatic heterocycles. The van der Waals surface area contributed by atoms with Gasteiger partial charge in [0.25, 0.3) is 0 Å². The first-order valence-electron chi connectivity index (χ1n) is 4.51. The molecule has 94 valence electrons. The molecule has 0 fully saturated rings. The third kappa shape index (κ3) is 4.33. The van der Waals surface area contributed by atoms with Crippen LogP contribution >= 0.6 is 0 Å². The van der Waals surface area contributed by atoms with E-state index in [0.29, 0.717) is 5.92 Å². The van der Waals surface area contributed by atoms with E-state index in [1.54, 1.807) is 12.1 Å². The molecular formula is C12H21O3S-. The summed E-state index contributed by atoms with van der Waals surface area (Å²) >= 11 is 0. The second kappa shape index (κ2) is 6.66. The van der Waals surface area contributed by atoms with Gasteiger partial charge in [-0.05, 0) is 30.0 Å². The second-order valence-electron chi connectivity index (χ2n) is 3.33. The van der Waals surface area contributed by atoms with E-state index < -0.39 is 10.1 Å².